The summed E-state index contributed by atoms with van der Waals surface area (Å²) in [6, 6.07) is 8.20. The maximum atomic E-state index is 11.1. The molecule has 4 heteroatoms. The fraction of sp³-hybridized carbons (Fsp3) is 0.462. The highest BCUT2D eigenvalue weighted by Crippen LogP contribution is 2.22. The molecule has 1 rings (SSSR count). The average Bonchev–Trinajstić information content (AvgIpc) is 2.28. The van der Waals surface area contributed by atoms with E-state index in [0.29, 0.717) is 18.4 Å². The Morgan fingerprint density at radius 1 is 1.35 bits per heavy atom. The Balaban J connectivity index is 2.42. The van der Waals surface area contributed by atoms with E-state index in [4.69, 9.17) is 4.74 Å². The van der Waals surface area contributed by atoms with Crippen molar-refractivity contribution in [1.29, 1.82) is 0 Å². The fourth-order valence-corrected chi connectivity index (χ4v) is 2.15. The lowest BCUT2D eigenvalue weighted by Gasteiger charge is -2.07. The summed E-state index contributed by atoms with van der Waals surface area (Å²) < 4.78 is 4.79. The Labute approximate surface area is 107 Å². The smallest absolute Gasteiger partial charge is 0.407 e. The second kappa shape index (κ2) is 7.22. The van der Waals surface area contributed by atoms with Gasteiger partial charge in [-0.3, -0.25) is 0 Å². The molecule has 0 atom stereocenters. The van der Waals surface area contributed by atoms with Crippen molar-refractivity contribution in [2.45, 2.75) is 37.5 Å². The molecule has 94 valence electrons. The summed E-state index contributed by atoms with van der Waals surface area (Å²) in [6.45, 7) is 7.03. The molecule has 0 fully saturated rings. The molecule has 0 radical (unpaired) electrons. The van der Waals surface area contributed by atoms with E-state index in [1.54, 1.807) is 6.92 Å². The van der Waals surface area contributed by atoms with Crippen LogP contribution in [0, 0.1) is 0 Å². The molecule has 1 amide bonds. The molecule has 1 N–H and O–H groups in total. The van der Waals surface area contributed by atoms with Crippen LogP contribution in [-0.2, 0) is 11.3 Å². The molecule has 0 saturated carbocycles. The second-order valence-corrected chi connectivity index (χ2v) is 5.53. The van der Waals surface area contributed by atoms with Gasteiger partial charge in [0.1, 0.15) is 0 Å². The maximum absolute atomic E-state index is 11.1. The highest BCUT2D eigenvalue weighted by atomic mass is 32.2. The minimum absolute atomic E-state index is 0.367. The van der Waals surface area contributed by atoms with E-state index < -0.39 is 0 Å². The molecular formula is C13H19NO2S. The number of rotatable bonds is 5. The number of thioether (sulfide) groups is 1. The lowest BCUT2D eigenvalue weighted by molar-refractivity contribution is 0.151. The zero-order valence-electron chi connectivity index (χ0n) is 10.5. The van der Waals surface area contributed by atoms with Gasteiger partial charge in [-0.15, -0.1) is 11.8 Å². The van der Waals surface area contributed by atoms with Gasteiger partial charge in [-0.25, -0.2) is 4.79 Å². The molecular weight excluding hydrogens is 234 g/mol. The molecule has 3 nitrogen and oxygen atoms in total. The van der Waals surface area contributed by atoms with Crippen molar-refractivity contribution in [1.82, 2.24) is 5.32 Å². The number of amides is 1. The van der Waals surface area contributed by atoms with E-state index in [1.807, 2.05) is 23.9 Å². The fourth-order valence-electron chi connectivity index (χ4n) is 1.31. The first-order valence-corrected chi connectivity index (χ1v) is 6.66. The second-order valence-electron chi connectivity index (χ2n) is 3.88. The van der Waals surface area contributed by atoms with Crippen LogP contribution in [0.5, 0.6) is 0 Å². The topological polar surface area (TPSA) is 38.3 Å². The molecule has 0 aromatic heterocycles. The van der Waals surface area contributed by atoms with Crippen LogP contribution in [-0.4, -0.2) is 18.0 Å². The van der Waals surface area contributed by atoms with Crippen molar-refractivity contribution in [3.63, 3.8) is 0 Å². The first-order chi connectivity index (χ1) is 8.11. The molecule has 0 saturated heterocycles. The third-order valence-electron chi connectivity index (χ3n) is 2.01. The van der Waals surface area contributed by atoms with E-state index in [2.05, 4.69) is 31.3 Å². The Hall–Kier alpha value is -1.16. The Morgan fingerprint density at radius 2 is 2.00 bits per heavy atom. The zero-order valence-corrected chi connectivity index (χ0v) is 11.3. The van der Waals surface area contributed by atoms with Gasteiger partial charge in [-0.05, 0) is 24.6 Å². The van der Waals surface area contributed by atoms with Crippen LogP contribution < -0.4 is 5.32 Å². The molecule has 0 unspecified atom stereocenters. The summed E-state index contributed by atoms with van der Waals surface area (Å²) in [4.78, 5) is 12.3. The van der Waals surface area contributed by atoms with Gasteiger partial charge < -0.3 is 10.1 Å². The first-order valence-electron chi connectivity index (χ1n) is 5.78. The maximum Gasteiger partial charge on any atom is 0.407 e. The molecule has 0 bridgehead atoms. The van der Waals surface area contributed by atoms with Gasteiger partial charge in [-0.2, -0.15) is 0 Å². The number of benzene rings is 1. The van der Waals surface area contributed by atoms with Crippen molar-refractivity contribution in [2.24, 2.45) is 0 Å². The number of ether oxygens (including phenoxy) is 1. The molecule has 0 aliphatic heterocycles. The molecule has 0 heterocycles. The molecule has 17 heavy (non-hydrogen) atoms. The largest absolute Gasteiger partial charge is 0.450 e. The molecule has 1 aromatic carbocycles. The molecule has 1 aromatic rings. The lowest BCUT2D eigenvalue weighted by Crippen LogP contribution is -2.23. The highest BCUT2D eigenvalue weighted by Gasteiger charge is 2.01. The van der Waals surface area contributed by atoms with Gasteiger partial charge in [0.2, 0.25) is 0 Å². The number of hydrogen-bond donors (Lipinski definition) is 1. The number of hydrogen-bond acceptors (Lipinski definition) is 3. The monoisotopic (exact) mass is 253 g/mol. The number of alkyl carbamates (subject to hydrolysis) is 1. The Kier molecular flexibility index (Phi) is 5.91. The van der Waals surface area contributed by atoms with Crippen LogP contribution in [0.2, 0.25) is 0 Å². The predicted molar refractivity (Wildman–Crippen MR) is 71.3 cm³/mol. The van der Waals surface area contributed by atoms with Crippen LogP contribution in [0.1, 0.15) is 26.3 Å². The molecule has 0 aliphatic carbocycles. The summed E-state index contributed by atoms with van der Waals surface area (Å²) >= 11 is 1.83. The van der Waals surface area contributed by atoms with Crippen LogP contribution >= 0.6 is 11.8 Å². The van der Waals surface area contributed by atoms with Crippen LogP contribution in [0.25, 0.3) is 0 Å². The van der Waals surface area contributed by atoms with Crippen LogP contribution in [0.4, 0.5) is 4.79 Å². The van der Waals surface area contributed by atoms with Crippen LogP contribution in [0.3, 0.4) is 0 Å². The van der Waals surface area contributed by atoms with Gasteiger partial charge in [0.15, 0.2) is 0 Å². The summed E-state index contributed by atoms with van der Waals surface area (Å²) in [5.74, 6) is 0. The van der Waals surface area contributed by atoms with Crippen molar-refractivity contribution < 1.29 is 9.53 Å². The van der Waals surface area contributed by atoms with Crippen molar-refractivity contribution in [3.8, 4) is 0 Å². The highest BCUT2D eigenvalue weighted by molar-refractivity contribution is 7.99. The Bertz CT molecular complexity index is 349. The first kappa shape index (κ1) is 13.9. The number of carbonyl (C=O) groups excluding carboxylic acids is 1. The van der Waals surface area contributed by atoms with Crippen molar-refractivity contribution in [3.05, 3.63) is 29.8 Å². The predicted octanol–water partition coefficient (Wildman–Crippen LogP) is 3.43. The van der Waals surface area contributed by atoms with Gasteiger partial charge in [0, 0.05) is 16.7 Å². The average molecular weight is 253 g/mol. The number of carbonyl (C=O) groups is 1. The van der Waals surface area contributed by atoms with E-state index in [-0.39, 0.29) is 6.09 Å². The van der Waals surface area contributed by atoms with Crippen molar-refractivity contribution in [2.75, 3.05) is 6.61 Å². The summed E-state index contributed by atoms with van der Waals surface area (Å²) in [7, 11) is 0. The van der Waals surface area contributed by atoms with Gasteiger partial charge >= 0.3 is 6.09 Å². The summed E-state index contributed by atoms with van der Waals surface area (Å²) in [5.41, 5.74) is 1.08. The number of nitrogens with one attached hydrogen (secondary N) is 1. The lowest BCUT2D eigenvalue weighted by atomic mass is 10.2. The third kappa shape index (κ3) is 5.63. The third-order valence-corrected chi connectivity index (χ3v) is 3.02. The van der Waals surface area contributed by atoms with E-state index in [9.17, 15) is 4.79 Å². The SMILES string of the molecule is CCOC(=O)NCc1ccc(SC(C)C)cc1. The van der Waals surface area contributed by atoms with Gasteiger partial charge in [0.05, 0.1) is 6.61 Å². The van der Waals surface area contributed by atoms with Crippen LogP contribution in [0.15, 0.2) is 29.2 Å². The minimum atomic E-state index is -0.367. The standard InChI is InChI=1S/C13H19NO2S/c1-4-16-13(15)14-9-11-5-7-12(8-6-11)17-10(2)3/h5-8,10H,4,9H2,1-3H3,(H,14,15). The molecule has 0 spiro atoms. The normalized spacial score (nSPS) is 10.4. The van der Waals surface area contributed by atoms with E-state index >= 15 is 0 Å². The van der Waals surface area contributed by atoms with E-state index in [0.717, 1.165) is 5.56 Å². The quantitative estimate of drug-likeness (QED) is 0.817. The van der Waals surface area contributed by atoms with Gasteiger partial charge in [0.25, 0.3) is 0 Å². The van der Waals surface area contributed by atoms with Crippen molar-refractivity contribution >= 4 is 17.9 Å². The zero-order chi connectivity index (χ0) is 12.7. The Morgan fingerprint density at radius 3 is 2.53 bits per heavy atom. The van der Waals surface area contributed by atoms with Gasteiger partial charge in [-0.1, -0.05) is 26.0 Å². The van der Waals surface area contributed by atoms with E-state index in [1.165, 1.54) is 4.90 Å². The summed E-state index contributed by atoms with van der Waals surface area (Å²) in [5, 5.41) is 3.27. The summed E-state index contributed by atoms with van der Waals surface area (Å²) in [6.07, 6.45) is -0.367. The minimum Gasteiger partial charge on any atom is -0.450 e. The molecule has 0 aliphatic rings.